The predicted molar refractivity (Wildman–Crippen MR) is 86.6 cm³/mol. The Morgan fingerprint density at radius 1 is 1.33 bits per heavy atom. The quantitative estimate of drug-likeness (QED) is 0.860. The summed E-state index contributed by atoms with van der Waals surface area (Å²) >= 11 is 3.37. The maximum absolute atomic E-state index is 12.4. The van der Waals surface area contributed by atoms with Crippen molar-refractivity contribution in [2.45, 2.75) is 39.7 Å². The summed E-state index contributed by atoms with van der Waals surface area (Å²) in [5, 5.41) is 11.7. The van der Waals surface area contributed by atoms with Crippen LogP contribution in [0.1, 0.15) is 32.8 Å². The Labute approximate surface area is 133 Å². The molecule has 2 amide bonds. The molecule has 0 bridgehead atoms. The molecular weight excluding hydrogens is 336 g/mol. The standard InChI is InChI=1S/C15H21BrN2O3/c1-10-5-6-11(16)9-12(10)17-14(21)18(15(2,3)4)8-7-13(19)20/h5-6,9H,7-8H2,1-4H3,(H,17,21)(H,19,20). The lowest BCUT2D eigenvalue weighted by Crippen LogP contribution is -2.48. The molecule has 0 heterocycles. The second-order valence-electron chi connectivity index (χ2n) is 5.86. The lowest BCUT2D eigenvalue weighted by atomic mass is 10.1. The molecule has 116 valence electrons. The molecule has 21 heavy (non-hydrogen) atoms. The molecule has 0 saturated carbocycles. The van der Waals surface area contributed by atoms with E-state index in [0.29, 0.717) is 5.69 Å². The molecule has 0 unspecified atom stereocenters. The summed E-state index contributed by atoms with van der Waals surface area (Å²) in [6.07, 6.45) is -0.0812. The number of carbonyl (C=O) groups excluding carboxylic acids is 1. The van der Waals surface area contributed by atoms with Crippen LogP contribution in [0.4, 0.5) is 10.5 Å². The third-order valence-electron chi connectivity index (χ3n) is 3.05. The molecule has 0 aromatic heterocycles. The Morgan fingerprint density at radius 2 is 1.95 bits per heavy atom. The number of carboxylic acids is 1. The van der Waals surface area contributed by atoms with E-state index >= 15 is 0 Å². The minimum atomic E-state index is -0.921. The Balaban J connectivity index is 2.90. The number of carbonyl (C=O) groups is 2. The number of carboxylic acid groups (broad SMARTS) is 1. The van der Waals surface area contributed by atoms with E-state index in [-0.39, 0.29) is 19.0 Å². The number of amides is 2. The van der Waals surface area contributed by atoms with E-state index in [1.165, 1.54) is 4.90 Å². The van der Waals surface area contributed by atoms with Crippen LogP contribution in [0.3, 0.4) is 0 Å². The highest BCUT2D eigenvalue weighted by Gasteiger charge is 2.27. The number of hydrogen-bond donors (Lipinski definition) is 2. The van der Waals surface area contributed by atoms with Gasteiger partial charge in [-0.2, -0.15) is 0 Å². The Morgan fingerprint density at radius 3 is 2.48 bits per heavy atom. The molecule has 1 aromatic rings. The summed E-state index contributed by atoms with van der Waals surface area (Å²) in [5.74, 6) is -0.921. The van der Waals surface area contributed by atoms with Gasteiger partial charge in [-0.25, -0.2) is 4.79 Å². The van der Waals surface area contributed by atoms with Crippen LogP contribution < -0.4 is 5.32 Å². The number of benzene rings is 1. The van der Waals surface area contributed by atoms with Crippen molar-refractivity contribution in [3.05, 3.63) is 28.2 Å². The summed E-state index contributed by atoms with van der Waals surface area (Å²) in [5.41, 5.74) is 1.19. The van der Waals surface area contributed by atoms with Gasteiger partial charge in [0.2, 0.25) is 0 Å². The van der Waals surface area contributed by atoms with Gasteiger partial charge in [-0.15, -0.1) is 0 Å². The molecule has 0 aliphatic carbocycles. The number of hydrogen-bond acceptors (Lipinski definition) is 2. The number of aliphatic carboxylic acids is 1. The van der Waals surface area contributed by atoms with Crippen LogP contribution in [0.5, 0.6) is 0 Å². The summed E-state index contributed by atoms with van der Waals surface area (Å²) in [4.78, 5) is 24.7. The fourth-order valence-electron chi connectivity index (χ4n) is 1.86. The average molecular weight is 357 g/mol. The monoisotopic (exact) mass is 356 g/mol. The first-order chi connectivity index (χ1) is 9.61. The fraction of sp³-hybridized carbons (Fsp3) is 0.467. The van der Waals surface area contributed by atoms with Gasteiger partial charge in [0.1, 0.15) is 0 Å². The van der Waals surface area contributed by atoms with Crippen LogP contribution in [0.25, 0.3) is 0 Å². The molecule has 6 heteroatoms. The zero-order valence-corrected chi connectivity index (χ0v) is 14.3. The van der Waals surface area contributed by atoms with Gasteiger partial charge in [-0.1, -0.05) is 22.0 Å². The Hall–Kier alpha value is -1.56. The van der Waals surface area contributed by atoms with E-state index in [1.807, 2.05) is 45.9 Å². The molecule has 1 aromatic carbocycles. The predicted octanol–water partition coefficient (Wildman–Crippen LogP) is 3.86. The van der Waals surface area contributed by atoms with Crippen molar-refractivity contribution in [2.75, 3.05) is 11.9 Å². The van der Waals surface area contributed by atoms with Gasteiger partial charge < -0.3 is 15.3 Å². The van der Waals surface area contributed by atoms with Gasteiger partial charge in [-0.05, 0) is 45.4 Å². The number of rotatable bonds is 4. The van der Waals surface area contributed by atoms with E-state index in [1.54, 1.807) is 0 Å². The van der Waals surface area contributed by atoms with Crippen molar-refractivity contribution < 1.29 is 14.7 Å². The molecule has 0 fully saturated rings. The lowest BCUT2D eigenvalue weighted by Gasteiger charge is -2.35. The number of anilines is 1. The molecule has 0 aliphatic heterocycles. The Bertz CT molecular complexity index is 538. The van der Waals surface area contributed by atoms with Crippen LogP contribution >= 0.6 is 15.9 Å². The van der Waals surface area contributed by atoms with Crippen molar-refractivity contribution in [1.29, 1.82) is 0 Å². The van der Waals surface area contributed by atoms with Gasteiger partial charge in [0.05, 0.1) is 6.42 Å². The smallest absolute Gasteiger partial charge is 0.322 e. The van der Waals surface area contributed by atoms with Crippen LogP contribution in [-0.2, 0) is 4.79 Å². The van der Waals surface area contributed by atoms with Crippen LogP contribution in [0, 0.1) is 6.92 Å². The minimum absolute atomic E-state index is 0.0812. The van der Waals surface area contributed by atoms with Crippen LogP contribution in [0.15, 0.2) is 22.7 Å². The second-order valence-corrected chi connectivity index (χ2v) is 6.77. The van der Waals surface area contributed by atoms with Gasteiger partial charge in [-0.3, -0.25) is 4.79 Å². The van der Waals surface area contributed by atoms with E-state index in [0.717, 1.165) is 10.0 Å². The van der Waals surface area contributed by atoms with E-state index in [9.17, 15) is 9.59 Å². The molecule has 2 N–H and O–H groups in total. The minimum Gasteiger partial charge on any atom is -0.481 e. The molecule has 0 atom stereocenters. The molecule has 0 radical (unpaired) electrons. The molecule has 0 spiro atoms. The average Bonchev–Trinajstić information content (AvgIpc) is 2.32. The molecule has 5 nitrogen and oxygen atoms in total. The van der Waals surface area contributed by atoms with Gasteiger partial charge in [0.25, 0.3) is 0 Å². The van der Waals surface area contributed by atoms with E-state index in [2.05, 4.69) is 21.2 Å². The van der Waals surface area contributed by atoms with E-state index < -0.39 is 11.5 Å². The number of aryl methyl sites for hydroxylation is 1. The maximum Gasteiger partial charge on any atom is 0.322 e. The number of urea groups is 1. The second kappa shape index (κ2) is 6.93. The summed E-state index contributed by atoms with van der Waals surface area (Å²) < 4.78 is 0.872. The number of nitrogens with zero attached hydrogens (tertiary/aromatic N) is 1. The highest BCUT2D eigenvalue weighted by Crippen LogP contribution is 2.22. The highest BCUT2D eigenvalue weighted by atomic mass is 79.9. The topological polar surface area (TPSA) is 69.6 Å². The number of halogens is 1. The van der Waals surface area contributed by atoms with Crippen molar-refractivity contribution in [3.8, 4) is 0 Å². The van der Waals surface area contributed by atoms with Gasteiger partial charge >= 0.3 is 12.0 Å². The fourth-order valence-corrected chi connectivity index (χ4v) is 2.22. The first-order valence-corrected chi connectivity index (χ1v) is 7.47. The third kappa shape index (κ3) is 5.38. The van der Waals surface area contributed by atoms with Gasteiger partial charge in [0.15, 0.2) is 0 Å². The van der Waals surface area contributed by atoms with Crippen molar-refractivity contribution in [1.82, 2.24) is 4.90 Å². The molecule has 0 saturated heterocycles. The molecule has 0 aliphatic rings. The first-order valence-electron chi connectivity index (χ1n) is 6.68. The third-order valence-corrected chi connectivity index (χ3v) is 3.54. The first kappa shape index (κ1) is 17.5. The largest absolute Gasteiger partial charge is 0.481 e. The van der Waals surface area contributed by atoms with Crippen molar-refractivity contribution in [3.63, 3.8) is 0 Å². The Kier molecular flexibility index (Phi) is 5.78. The van der Waals surface area contributed by atoms with Gasteiger partial charge in [0, 0.05) is 22.2 Å². The maximum atomic E-state index is 12.4. The van der Waals surface area contributed by atoms with E-state index in [4.69, 9.17) is 5.11 Å². The number of nitrogens with one attached hydrogen (secondary N) is 1. The highest BCUT2D eigenvalue weighted by molar-refractivity contribution is 9.10. The summed E-state index contributed by atoms with van der Waals surface area (Å²) in [7, 11) is 0. The van der Waals surface area contributed by atoms with Crippen LogP contribution in [0.2, 0.25) is 0 Å². The lowest BCUT2D eigenvalue weighted by molar-refractivity contribution is -0.137. The molecule has 1 rings (SSSR count). The zero-order valence-electron chi connectivity index (χ0n) is 12.7. The summed E-state index contributed by atoms with van der Waals surface area (Å²) in [6.45, 7) is 7.70. The zero-order chi connectivity index (χ0) is 16.2. The van der Waals surface area contributed by atoms with Crippen LogP contribution in [-0.4, -0.2) is 34.1 Å². The normalized spacial score (nSPS) is 11.1. The van der Waals surface area contributed by atoms with Crippen molar-refractivity contribution in [2.24, 2.45) is 0 Å². The summed E-state index contributed by atoms with van der Waals surface area (Å²) in [6, 6.07) is 5.32. The SMILES string of the molecule is Cc1ccc(Br)cc1NC(=O)N(CCC(=O)O)C(C)(C)C. The van der Waals surface area contributed by atoms with Crippen molar-refractivity contribution >= 4 is 33.6 Å². The molecular formula is C15H21BrN2O3.